The Balaban J connectivity index is 2.08. The van der Waals surface area contributed by atoms with Crippen LogP contribution in [0.1, 0.15) is 31.2 Å². The quantitative estimate of drug-likeness (QED) is 0.864. The standard InChI is InChI=1S/C10H15ClN2S/c1-2-10(4-3-5-13-10)6-9-12-7-8(11)14-9/h7,13H,2-6H2,1H3. The molecule has 4 heteroatoms. The lowest BCUT2D eigenvalue weighted by atomic mass is 9.91. The molecule has 0 bridgehead atoms. The van der Waals surface area contributed by atoms with E-state index in [2.05, 4.69) is 17.2 Å². The van der Waals surface area contributed by atoms with Crippen LogP contribution in [-0.4, -0.2) is 17.1 Å². The average Bonchev–Trinajstić information content (AvgIpc) is 2.77. The molecule has 0 radical (unpaired) electrons. The van der Waals surface area contributed by atoms with Gasteiger partial charge in [-0.05, 0) is 25.8 Å². The largest absolute Gasteiger partial charge is 0.311 e. The molecule has 1 saturated heterocycles. The van der Waals surface area contributed by atoms with Gasteiger partial charge in [-0.15, -0.1) is 11.3 Å². The van der Waals surface area contributed by atoms with Gasteiger partial charge in [0.15, 0.2) is 0 Å². The zero-order chi connectivity index (χ0) is 10.0. The van der Waals surface area contributed by atoms with Gasteiger partial charge in [0.1, 0.15) is 4.34 Å². The van der Waals surface area contributed by atoms with Gasteiger partial charge in [-0.3, -0.25) is 0 Å². The van der Waals surface area contributed by atoms with Gasteiger partial charge in [0.25, 0.3) is 0 Å². The van der Waals surface area contributed by atoms with Gasteiger partial charge in [0, 0.05) is 12.0 Å². The SMILES string of the molecule is CCC1(Cc2ncc(Cl)s2)CCCN1. The second-order valence-corrected chi connectivity index (χ2v) is 5.65. The van der Waals surface area contributed by atoms with Crippen LogP contribution in [-0.2, 0) is 6.42 Å². The predicted octanol–water partition coefficient (Wildman–Crippen LogP) is 2.87. The number of nitrogens with one attached hydrogen (secondary N) is 1. The molecule has 1 atom stereocenters. The van der Waals surface area contributed by atoms with Crippen molar-refractivity contribution in [3.05, 3.63) is 15.5 Å². The van der Waals surface area contributed by atoms with Crippen LogP contribution in [0.15, 0.2) is 6.20 Å². The summed E-state index contributed by atoms with van der Waals surface area (Å²) in [4.78, 5) is 4.32. The van der Waals surface area contributed by atoms with Crippen LogP contribution in [0.3, 0.4) is 0 Å². The molecule has 14 heavy (non-hydrogen) atoms. The fraction of sp³-hybridized carbons (Fsp3) is 0.700. The van der Waals surface area contributed by atoms with Crippen molar-refractivity contribution < 1.29 is 0 Å². The second kappa shape index (κ2) is 4.17. The highest BCUT2D eigenvalue weighted by atomic mass is 35.5. The van der Waals surface area contributed by atoms with E-state index in [0.29, 0.717) is 5.54 Å². The molecular formula is C10H15ClN2S. The lowest BCUT2D eigenvalue weighted by Crippen LogP contribution is -2.41. The van der Waals surface area contributed by atoms with Crippen LogP contribution in [0.4, 0.5) is 0 Å². The van der Waals surface area contributed by atoms with E-state index >= 15 is 0 Å². The third-order valence-corrected chi connectivity index (χ3v) is 4.14. The summed E-state index contributed by atoms with van der Waals surface area (Å²) in [6.07, 6.45) is 6.50. The van der Waals surface area contributed by atoms with Crippen molar-refractivity contribution in [3.8, 4) is 0 Å². The maximum Gasteiger partial charge on any atom is 0.113 e. The van der Waals surface area contributed by atoms with Crippen molar-refractivity contribution in [2.75, 3.05) is 6.54 Å². The van der Waals surface area contributed by atoms with Crippen LogP contribution in [0, 0.1) is 0 Å². The molecule has 0 aromatic carbocycles. The Morgan fingerprint density at radius 1 is 1.71 bits per heavy atom. The molecule has 1 fully saturated rings. The molecule has 2 rings (SSSR count). The van der Waals surface area contributed by atoms with E-state index in [1.165, 1.54) is 19.3 Å². The smallest absolute Gasteiger partial charge is 0.113 e. The number of thiazole rings is 1. The number of nitrogens with zero attached hydrogens (tertiary/aromatic N) is 1. The summed E-state index contributed by atoms with van der Waals surface area (Å²) in [5.41, 5.74) is 0.293. The molecule has 0 saturated carbocycles. The Morgan fingerprint density at radius 3 is 3.07 bits per heavy atom. The number of rotatable bonds is 3. The zero-order valence-corrected chi connectivity index (χ0v) is 9.92. The fourth-order valence-corrected chi connectivity index (χ4v) is 3.21. The van der Waals surface area contributed by atoms with Crippen molar-refractivity contribution in [1.29, 1.82) is 0 Å². The van der Waals surface area contributed by atoms with E-state index in [4.69, 9.17) is 11.6 Å². The van der Waals surface area contributed by atoms with Gasteiger partial charge in [0.05, 0.1) is 11.2 Å². The Labute approximate surface area is 93.7 Å². The molecule has 1 aliphatic heterocycles. The number of aromatic nitrogens is 1. The third kappa shape index (κ3) is 2.10. The van der Waals surface area contributed by atoms with E-state index in [9.17, 15) is 0 Å². The van der Waals surface area contributed by atoms with Crippen LogP contribution in [0.25, 0.3) is 0 Å². The first-order chi connectivity index (χ1) is 6.74. The van der Waals surface area contributed by atoms with Crippen LogP contribution >= 0.6 is 22.9 Å². The number of halogens is 1. The lowest BCUT2D eigenvalue weighted by molar-refractivity contribution is 0.359. The molecule has 1 aromatic heterocycles. The predicted molar refractivity (Wildman–Crippen MR) is 61.1 cm³/mol. The lowest BCUT2D eigenvalue weighted by Gasteiger charge is -2.26. The highest BCUT2D eigenvalue weighted by Crippen LogP contribution is 2.29. The Kier molecular flexibility index (Phi) is 3.10. The van der Waals surface area contributed by atoms with Gasteiger partial charge in [-0.1, -0.05) is 18.5 Å². The molecular weight excluding hydrogens is 216 g/mol. The minimum Gasteiger partial charge on any atom is -0.311 e. The van der Waals surface area contributed by atoms with E-state index < -0.39 is 0 Å². The van der Waals surface area contributed by atoms with Crippen molar-refractivity contribution in [1.82, 2.24) is 10.3 Å². The molecule has 1 unspecified atom stereocenters. The highest BCUT2D eigenvalue weighted by Gasteiger charge is 2.32. The average molecular weight is 231 g/mol. The van der Waals surface area contributed by atoms with Crippen molar-refractivity contribution >= 4 is 22.9 Å². The molecule has 1 N–H and O–H groups in total. The highest BCUT2D eigenvalue weighted by molar-refractivity contribution is 7.15. The summed E-state index contributed by atoms with van der Waals surface area (Å²) in [5, 5.41) is 4.76. The first-order valence-electron chi connectivity index (χ1n) is 5.09. The van der Waals surface area contributed by atoms with Crippen molar-refractivity contribution in [3.63, 3.8) is 0 Å². The Morgan fingerprint density at radius 2 is 2.57 bits per heavy atom. The molecule has 0 aliphatic carbocycles. The van der Waals surface area contributed by atoms with Gasteiger partial charge in [-0.2, -0.15) is 0 Å². The number of hydrogen-bond acceptors (Lipinski definition) is 3. The van der Waals surface area contributed by atoms with Crippen LogP contribution < -0.4 is 5.32 Å². The van der Waals surface area contributed by atoms with Crippen molar-refractivity contribution in [2.24, 2.45) is 0 Å². The van der Waals surface area contributed by atoms with Crippen molar-refractivity contribution in [2.45, 2.75) is 38.1 Å². The molecule has 0 amide bonds. The summed E-state index contributed by atoms with van der Waals surface area (Å²) in [5.74, 6) is 0. The maximum atomic E-state index is 5.87. The molecule has 2 heterocycles. The normalized spacial score (nSPS) is 27.0. The number of hydrogen-bond donors (Lipinski definition) is 1. The van der Waals surface area contributed by atoms with Gasteiger partial charge < -0.3 is 5.32 Å². The van der Waals surface area contributed by atoms with E-state index in [-0.39, 0.29) is 0 Å². The third-order valence-electron chi connectivity index (χ3n) is 3.02. The van der Waals surface area contributed by atoms with Gasteiger partial charge >= 0.3 is 0 Å². The zero-order valence-electron chi connectivity index (χ0n) is 8.35. The monoisotopic (exact) mass is 230 g/mol. The first kappa shape index (κ1) is 10.4. The van der Waals surface area contributed by atoms with Crippen LogP contribution in [0.5, 0.6) is 0 Å². The maximum absolute atomic E-state index is 5.87. The minimum atomic E-state index is 0.293. The Hall–Kier alpha value is -0.120. The second-order valence-electron chi connectivity index (χ2n) is 3.90. The van der Waals surface area contributed by atoms with Crippen LogP contribution in [0.2, 0.25) is 4.34 Å². The molecule has 1 aromatic rings. The molecule has 1 aliphatic rings. The summed E-state index contributed by atoms with van der Waals surface area (Å²) in [6.45, 7) is 3.39. The molecule has 0 spiro atoms. The van der Waals surface area contributed by atoms with E-state index in [0.717, 1.165) is 22.3 Å². The topological polar surface area (TPSA) is 24.9 Å². The van der Waals surface area contributed by atoms with E-state index in [1.807, 2.05) is 0 Å². The first-order valence-corrected chi connectivity index (χ1v) is 6.29. The summed E-state index contributed by atoms with van der Waals surface area (Å²) in [6, 6.07) is 0. The fourth-order valence-electron chi connectivity index (χ4n) is 2.11. The van der Waals surface area contributed by atoms with Gasteiger partial charge in [0.2, 0.25) is 0 Å². The summed E-state index contributed by atoms with van der Waals surface area (Å²) >= 11 is 7.47. The summed E-state index contributed by atoms with van der Waals surface area (Å²) in [7, 11) is 0. The molecule has 78 valence electrons. The summed E-state index contributed by atoms with van der Waals surface area (Å²) < 4.78 is 0.796. The Bertz CT molecular complexity index is 305. The van der Waals surface area contributed by atoms with E-state index in [1.54, 1.807) is 17.5 Å². The van der Waals surface area contributed by atoms with Gasteiger partial charge in [-0.25, -0.2) is 4.98 Å². The molecule has 2 nitrogen and oxygen atoms in total. The minimum absolute atomic E-state index is 0.293.